The van der Waals surface area contributed by atoms with Crippen molar-refractivity contribution in [2.75, 3.05) is 5.41 Å². The molecule has 2 aliphatic heterocycles. The third kappa shape index (κ3) is 1.54. The number of amides is 1. The van der Waals surface area contributed by atoms with Crippen LogP contribution < -0.4 is 0 Å². The van der Waals surface area contributed by atoms with E-state index in [0.29, 0.717) is 14.5 Å². The maximum atomic E-state index is 11.5. The van der Waals surface area contributed by atoms with Crippen molar-refractivity contribution < 1.29 is 4.79 Å². The van der Waals surface area contributed by atoms with Crippen molar-refractivity contribution in [2.45, 2.75) is 16.5 Å². The maximum Gasteiger partial charge on any atom is 0.278 e. The zero-order valence-corrected chi connectivity index (χ0v) is 11.0. The van der Waals surface area contributed by atoms with Crippen LogP contribution in [0.1, 0.15) is 0 Å². The Hall–Kier alpha value is 0.752. The van der Waals surface area contributed by atoms with Crippen LogP contribution in [0.25, 0.3) is 0 Å². The van der Waals surface area contributed by atoms with Crippen LogP contribution >= 0.6 is 34.4 Å². The van der Waals surface area contributed by atoms with Crippen LogP contribution in [0.15, 0.2) is 4.99 Å². The van der Waals surface area contributed by atoms with Crippen LogP contribution in [0, 0.1) is 0 Å². The zero-order valence-electron chi connectivity index (χ0n) is 6.66. The Labute approximate surface area is 95.2 Å². The molecular weight excluding hydrogens is 302 g/mol. The molecule has 3 nitrogen and oxygen atoms in total. The Morgan fingerprint density at radius 1 is 1.83 bits per heavy atom. The van der Waals surface area contributed by atoms with Crippen LogP contribution in [-0.4, -0.2) is 45.9 Å². The Morgan fingerprint density at radius 2 is 2.58 bits per heavy atom. The lowest BCUT2D eigenvalue weighted by Gasteiger charge is -2.22. The fourth-order valence-corrected chi connectivity index (χ4v) is 4.16. The Bertz CT molecular complexity index is 260. The first-order chi connectivity index (χ1) is 5.74. The van der Waals surface area contributed by atoms with Crippen LogP contribution in [0.2, 0.25) is 5.79 Å². The van der Waals surface area contributed by atoms with Gasteiger partial charge in [0, 0.05) is 0 Å². The highest BCUT2D eigenvalue weighted by atomic mass is 127. The van der Waals surface area contributed by atoms with Gasteiger partial charge in [-0.1, -0.05) is 0 Å². The van der Waals surface area contributed by atoms with Crippen LogP contribution in [0.5, 0.6) is 0 Å². The van der Waals surface area contributed by atoms with Crippen LogP contribution in [0.4, 0.5) is 0 Å². The van der Waals surface area contributed by atoms with Gasteiger partial charge in [-0.25, -0.2) is 0 Å². The summed E-state index contributed by atoms with van der Waals surface area (Å²) in [6.45, 7) is 0. The van der Waals surface area contributed by atoms with Gasteiger partial charge in [-0.2, -0.15) is 0 Å². The summed E-state index contributed by atoms with van der Waals surface area (Å²) in [5.74, 6) is 2.38. The van der Waals surface area contributed by atoms with Crippen molar-refractivity contribution in [2.24, 2.45) is 4.99 Å². The number of aliphatic imine (C=N–C) groups is 1. The van der Waals surface area contributed by atoms with Gasteiger partial charge in [0.2, 0.25) is 0 Å². The molecule has 0 spiro atoms. The smallest absolute Gasteiger partial charge is 0.278 e. The number of halogens is 1. The van der Waals surface area contributed by atoms with Crippen molar-refractivity contribution in [3.05, 3.63) is 0 Å². The normalized spacial score (nSPS) is 32.7. The number of carbonyl (C=O) groups excluding carboxylic acids is 1. The van der Waals surface area contributed by atoms with Gasteiger partial charge in [-0.3, -0.25) is 9.79 Å². The summed E-state index contributed by atoms with van der Waals surface area (Å²) in [7, 11) is 0. The van der Waals surface area contributed by atoms with Crippen LogP contribution in [0.3, 0.4) is 0 Å². The summed E-state index contributed by atoms with van der Waals surface area (Å²) in [5, 5.41) is 1.77. The van der Waals surface area contributed by atoms with Crippen molar-refractivity contribution >= 4 is 59.2 Å². The Morgan fingerprint density at radius 3 is 3.25 bits per heavy atom. The van der Waals surface area contributed by atoms with Crippen molar-refractivity contribution in [3.8, 4) is 0 Å². The molecule has 1 amide bonds. The summed E-state index contributed by atoms with van der Waals surface area (Å²) in [6.07, 6.45) is 0. The lowest BCUT2D eigenvalue weighted by atomic mass is 10.4. The largest absolute Gasteiger partial charge is 0.336 e. The highest BCUT2D eigenvalue weighted by molar-refractivity contribution is 14.1. The summed E-state index contributed by atoms with van der Waals surface area (Å²) in [6, 6.07) is 0. The van der Waals surface area contributed by atoms with Crippen molar-refractivity contribution in [3.63, 3.8) is 0 Å². The number of hydrogen-bond donors (Lipinski definition) is 0. The molecule has 12 heavy (non-hydrogen) atoms. The van der Waals surface area contributed by atoms with E-state index in [-0.39, 0.29) is 21.1 Å². The summed E-state index contributed by atoms with van der Waals surface area (Å²) in [5.41, 5.74) is 0. The lowest BCUT2D eigenvalue weighted by molar-refractivity contribution is -0.123. The van der Waals surface area contributed by atoms with Gasteiger partial charge in [0.1, 0.15) is 10.7 Å². The van der Waals surface area contributed by atoms with E-state index in [1.165, 1.54) is 0 Å². The minimum atomic E-state index is -0.0570. The quantitative estimate of drug-likeness (QED) is 0.423. The Kier molecular flexibility index (Phi) is 2.70. The second-order valence-electron chi connectivity index (χ2n) is 2.84. The Balaban J connectivity index is 2.14. The molecule has 6 heteroatoms. The first kappa shape index (κ1) is 9.31. The molecule has 0 N–H and O–H groups in total. The van der Waals surface area contributed by atoms with E-state index in [1.54, 1.807) is 11.8 Å². The number of nitrogens with zero attached hydrogens (tertiary/aromatic N) is 2. The highest BCUT2D eigenvalue weighted by Crippen LogP contribution is 2.47. The molecule has 2 aliphatic rings. The second-order valence-corrected chi connectivity index (χ2v) is 6.54. The number of rotatable bonds is 2. The van der Waals surface area contributed by atoms with E-state index < -0.39 is 0 Å². The van der Waals surface area contributed by atoms with E-state index in [9.17, 15) is 4.79 Å². The fraction of sp³-hybridized carbons (Fsp3) is 0.667. The summed E-state index contributed by atoms with van der Waals surface area (Å²) in [4.78, 5) is 17.8. The second kappa shape index (κ2) is 3.48. The molecule has 2 atom stereocenters. The van der Waals surface area contributed by atoms with Gasteiger partial charge >= 0.3 is 0 Å². The third-order valence-electron chi connectivity index (χ3n) is 1.90. The van der Waals surface area contributed by atoms with Gasteiger partial charge in [-0.15, -0.1) is 17.5 Å². The van der Waals surface area contributed by atoms with E-state index in [4.69, 9.17) is 0 Å². The van der Waals surface area contributed by atoms with Gasteiger partial charge in [0.05, 0.1) is 0 Å². The summed E-state index contributed by atoms with van der Waals surface area (Å²) >= 11 is 3.77. The molecule has 1 saturated heterocycles. The van der Waals surface area contributed by atoms with Gasteiger partial charge < -0.3 is 4.90 Å². The molecule has 0 bridgehead atoms. The molecule has 64 valence electrons. The lowest BCUT2D eigenvalue weighted by Crippen LogP contribution is -2.42. The standard InChI is InChI=1S/C5H4IN2OS.CH3.Al.H/c1-8-4(9)2(6)7-3-5(8)10-3;;;/h3,5H,1H2;1H3;;. The SMILES string of the molecule is [CH3][AlH][CH2]N1C(=O)C(I)=NC2SC21. The minimum Gasteiger partial charge on any atom is -0.336 e. The third-order valence-corrected chi connectivity index (χ3v) is 4.68. The molecule has 0 aliphatic carbocycles. The zero-order chi connectivity index (χ0) is 8.72. The van der Waals surface area contributed by atoms with Gasteiger partial charge in [0.15, 0.2) is 3.72 Å². The van der Waals surface area contributed by atoms with Crippen molar-refractivity contribution in [1.29, 1.82) is 0 Å². The molecule has 0 aromatic carbocycles. The number of carbonyl (C=O) groups is 1. The average Bonchev–Trinajstić information content (AvgIpc) is 2.77. The number of fused-ring (bicyclic) bond motifs is 1. The average molecular weight is 310 g/mol. The van der Waals surface area contributed by atoms with E-state index in [1.807, 2.05) is 27.5 Å². The maximum absolute atomic E-state index is 11.5. The monoisotopic (exact) mass is 310 g/mol. The molecule has 2 heterocycles. The first-order valence-electron chi connectivity index (χ1n) is 3.93. The molecule has 2 rings (SSSR count). The summed E-state index contributed by atoms with van der Waals surface area (Å²) < 4.78 is 0.668. The van der Waals surface area contributed by atoms with Gasteiger partial charge in [0.25, 0.3) is 21.1 Å². The number of thioether (sulfide) groups is 1. The molecule has 2 unspecified atom stereocenters. The molecule has 0 aromatic heterocycles. The predicted octanol–water partition coefficient (Wildman–Crippen LogP) is 0.503. The molecule has 1 fully saturated rings. The molecule has 0 radical (unpaired) electrons. The molecule has 0 saturated carbocycles. The van der Waals surface area contributed by atoms with Crippen LogP contribution in [-0.2, 0) is 4.79 Å². The molecule has 0 aromatic rings. The first-order valence-corrected chi connectivity index (χ1v) is 8.37. The minimum absolute atomic E-state index is 0.0570. The topological polar surface area (TPSA) is 32.7 Å². The molecular formula is C6H8AlIN2OS. The highest BCUT2D eigenvalue weighted by Gasteiger charge is 2.49. The van der Waals surface area contributed by atoms with E-state index in [2.05, 4.69) is 10.8 Å². The van der Waals surface area contributed by atoms with Gasteiger partial charge in [-0.05, 0) is 28.0 Å². The predicted molar refractivity (Wildman–Crippen MR) is 61.3 cm³/mol. The van der Waals surface area contributed by atoms with E-state index in [0.717, 1.165) is 5.41 Å². The number of hydrogen-bond acceptors (Lipinski definition) is 3. The van der Waals surface area contributed by atoms with E-state index >= 15 is 0 Å². The fourth-order valence-electron chi connectivity index (χ4n) is 1.29. The van der Waals surface area contributed by atoms with Crippen molar-refractivity contribution in [1.82, 2.24) is 4.90 Å².